The molecule has 6 heteroatoms. The van der Waals surface area contributed by atoms with Gasteiger partial charge in [-0.05, 0) is 25.2 Å². The smallest absolute Gasteiger partial charge is 0.224 e. The Morgan fingerprint density at radius 3 is 2.65 bits per heavy atom. The van der Waals surface area contributed by atoms with E-state index in [0.717, 1.165) is 19.3 Å². The molecule has 2 fully saturated rings. The van der Waals surface area contributed by atoms with Crippen molar-refractivity contribution in [2.75, 3.05) is 17.4 Å². The van der Waals surface area contributed by atoms with Crippen molar-refractivity contribution < 1.29 is 13.2 Å². The number of nitrogens with one attached hydrogen (secondary N) is 1. The summed E-state index contributed by atoms with van der Waals surface area (Å²) >= 11 is 5.84. The zero-order chi connectivity index (χ0) is 12.5. The van der Waals surface area contributed by atoms with Gasteiger partial charge in [-0.25, -0.2) is 8.42 Å². The second-order valence-electron chi connectivity index (χ2n) is 5.06. The molecule has 1 heterocycles. The minimum atomic E-state index is -2.98. The zero-order valence-corrected chi connectivity index (χ0v) is 11.3. The highest BCUT2D eigenvalue weighted by Crippen LogP contribution is 2.27. The molecule has 1 saturated carbocycles. The second-order valence-corrected chi connectivity index (χ2v) is 7.60. The Kier molecular flexibility index (Phi) is 3.98. The molecule has 0 aromatic carbocycles. The van der Waals surface area contributed by atoms with Crippen molar-refractivity contribution in [1.82, 2.24) is 5.32 Å². The van der Waals surface area contributed by atoms with Crippen LogP contribution < -0.4 is 5.32 Å². The largest absolute Gasteiger partial charge is 0.353 e. The summed E-state index contributed by atoms with van der Waals surface area (Å²) < 4.78 is 22.6. The molecule has 1 N–H and O–H groups in total. The molecule has 0 aromatic heterocycles. The Morgan fingerprint density at radius 1 is 1.29 bits per heavy atom. The fourth-order valence-corrected chi connectivity index (χ4v) is 4.82. The monoisotopic (exact) mass is 279 g/mol. The highest BCUT2D eigenvalue weighted by molar-refractivity contribution is 7.91. The van der Waals surface area contributed by atoms with Crippen LogP contribution in [-0.2, 0) is 14.6 Å². The summed E-state index contributed by atoms with van der Waals surface area (Å²) in [5, 5.41) is 2.97. The van der Waals surface area contributed by atoms with Gasteiger partial charge in [0.1, 0.15) is 0 Å². The molecule has 2 rings (SSSR count). The summed E-state index contributed by atoms with van der Waals surface area (Å²) in [6.07, 6.45) is 3.57. The number of hydrogen-bond acceptors (Lipinski definition) is 3. The first kappa shape index (κ1) is 13.1. The molecule has 1 amide bonds. The first-order valence-electron chi connectivity index (χ1n) is 6.08. The second kappa shape index (κ2) is 5.14. The quantitative estimate of drug-likeness (QED) is 0.782. The fraction of sp³-hybridized carbons (Fsp3) is 0.909. The summed E-state index contributed by atoms with van der Waals surface area (Å²) in [4.78, 5) is 11.9. The van der Waals surface area contributed by atoms with Gasteiger partial charge in [0.05, 0.1) is 17.4 Å². The standard InChI is InChI=1S/C11H18ClNO3S/c12-6-8-2-1-3-10(8)13-11(14)9-4-5-17(15,16)7-9/h8-10H,1-7H2,(H,13,14). The zero-order valence-electron chi connectivity index (χ0n) is 9.69. The Bertz CT molecular complexity index is 396. The maximum Gasteiger partial charge on any atom is 0.224 e. The van der Waals surface area contributed by atoms with Crippen LogP contribution in [0.3, 0.4) is 0 Å². The van der Waals surface area contributed by atoms with E-state index in [2.05, 4.69) is 5.32 Å². The Morgan fingerprint density at radius 2 is 2.06 bits per heavy atom. The van der Waals surface area contributed by atoms with E-state index in [-0.39, 0.29) is 29.4 Å². The van der Waals surface area contributed by atoms with Gasteiger partial charge in [0.2, 0.25) is 5.91 Å². The molecule has 98 valence electrons. The van der Waals surface area contributed by atoms with Crippen molar-refractivity contribution in [2.45, 2.75) is 31.7 Å². The SMILES string of the molecule is O=C(NC1CCCC1CCl)C1CCS(=O)(=O)C1. The summed E-state index contributed by atoms with van der Waals surface area (Å²) in [7, 11) is -2.98. The number of halogens is 1. The maximum atomic E-state index is 11.9. The molecule has 0 radical (unpaired) electrons. The van der Waals surface area contributed by atoms with Gasteiger partial charge < -0.3 is 5.32 Å². The van der Waals surface area contributed by atoms with E-state index < -0.39 is 9.84 Å². The summed E-state index contributed by atoms with van der Waals surface area (Å²) in [5.41, 5.74) is 0. The lowest BCUT2D eigenvalue weighted by Gasteiger charge is -2.20. The normalized spacial score (nSPS) is 35.9. The predicted octanol–water partition coefficient (Wildman–Crippen LogP) is 0.945. The Hall–Kier alpha value is -0.290. The Balaban J connectivity index is 1.89. The number of hydrogen-bond donors (Lipinski definition) is 1. The molecule has 2 aliphatic rings. The van der Waals surface area contributed by atoms with Crippen molar-refractivity contribution in [3.05, 3.63) is 0 Å². The number of carbonyl (C=O) groups excluding carboxylic acids is 1. The van der Waals surface area contributed by atoms with E-state index in [1.54, 1.807) is 0 Å². The average molecular weight is 280 g/mol. The third-order valence-corrected chi connectivity index (χ3v) is 5.95. The third kappa shape index (κ3) is 3.13. The molecule has 17 heavy (non-hydrogen) atoms. The van der Waals surface area contributed by atoms with Gasteiger partial charge in [-0.1, -0.05) is 6.42 Å². The molecular formula is C11H18ClNO3S. The minimum absolute atomic E-state index is 0.0110. The number of alkyl halides is 1. The molecule has 1 saturated heterocycles. The van der Waals surface area contributed by atoms with E-state index in [4.69, 9.17) is 11.6 Å². The lowest BCUT2D eigenvalue weighted by Crippen LogP contribution is -2.41. The fourth-order valence-electron chi connectivity index (χ4n) is 2.71. The molecule has 0 bridgehead atoms. The highest BCUT2D eigenvalue weighted by Gasteiger charge is 2.35. The lowest BCUT2D eigenvalue weighted by atomic mass is 10.0. The van der Waals surface area contributed by atoms with E-state index in [0.29, 0.717) is 18.2 Å². The molecule has 1 aliphatic carbocycles. The van der Waals surface area contributed by atoms with Gasteiger partial charge in [-0.3, -0.25) is 4.79 Å². The number of rotatable bonds is 3. The minimum Gasteiger partial charge on any atom is -0.353 e. The van der Waals surface area contributed by atoms with Crippen molar-refractivity contribution in [1.29, 1.82) is 0 Å². The molecule has 0 spiro atoms. The molecule has 3 atom stereocenters. The topological polar surface area (TPSA) is 63.2 Å². The van der Waals surface area contributed by atoms with Crippen LogP contribution in [0.1, 0.15) is 25.7 Å². The summed E-state index contributed by atoms with van der Waals surface area (Å²) in [6, 6.07) is 0.142. The van der Waals surface area contributed by atoms with E-state index >= 15 is 0 Å². The van der Waals surface area contributed by atoms with Crippen LogP contribution in [-0.4, -0.2) is 37.8 Å². The van der Waals surface area contributed by atoms with Crippen molar-refractivity contribution in [2.24, 2.45) is 11.8 Å². The van der Waals surface area contributed by atoms with Crippen LogP contribution in [0.4, 0.5) is 0 Å². The van der Waals surface area contributed by atoms with Crippen molar-refractivity contribution >= 4 is 27.3 Å². The van der Waals surface area contributed by atoms with Gasteiger partial charge in [0.25, 0.3) is 0 Å². The molecule has 1 aliphatic heterocycles. The summed E-state index contributed by atoms with van der Waals surface area (Å²) in [5.74, 6) is 0.614. The number of carbonyl (C=O) groups is 1. The first-order valence-corrected chi connectivity index (χ1v) is 8.44. The first-order chi connectivity index (χ1) is 8.02. The van der Waals surface area contributed by atoms with Gasteiger partial charge in [-0.2, -0.15) is 0 Å². The van der Waals surface area contributed by atoms with Crippen LogP contribution in [0, 0.1) is 11.8 Å². The highest BCUT2D eigenvalue weighted by atomic mass is 35.5. The van der Waals surface area contributed by atoms with E-state index in [1.165, 1.54) is 0 Å². The van der Waals surface area contributed by atoms with Crippen LogP contribution in [0.5, 0.6) is 0 Å². The van der Waals surface area contributed by atoms with Crippen LogP contribution in [0.15, 0.2) is 0 Å². The van der Waals surface area contributed by atoms with E-state index in [9.17, 15) is 13.2 Å². The van der Waals surface area contributed by atoms with Crippen molar-refractivity contribution in [3.8, 4) is 0 Å². The van der Waals surface area contributed by atoms with Gasteiger partial charge >= 0.3 is 0 Å². The number of sulfone groups is 1. The lowest BCUT2D eigenvalue weighted by molar-refractivity contribution is -0.125. The van der Waals surface area contributed by atoms with Crippen molar-refractivity contribution in [3.63, 3.8) is 0 Å². The molecule has 0 aromatic rings. The van der Waals surface area contributed by atoms with Gasteiger partial charge in [-0.15, -0.1) is 11.6 Å². The van der Waals surface area contributed by atoms with Crippen LogP contribution in [0.2, 0.25) is 0 Å². The van der Waals surface area contributed by atoms with Crippen LogP contribution >= 0.6 is 11.6 Å². The van der Waals surface area contributed by atoms with Gasteiger partial charge in [0, 0.05) is 11.9 Å². The number of amides is 1. The maximum absolute atomic E-state index is 11.9. The molecule has 4 nitrogen and oxygen atoms in total. The molecule has 3 unspecified atom stereocenters. The van der Waals surface area contributed by atoms with Gasteiger partial charge in [0.15, 0.2) is 9.84 Å². The third-order valence-electron chi connectivity index (χ3n) is 3.79. The summed E-state index contributed by atoms with van der Waals surface area (Å²) in [6.45, 7) is 0. The predicted molar refractivity (Wildman–Crippen MR) is 66.8 cm³/mol. The van der Waals surface area contributed by atoms with E-state index in [1.807, 2.05) is 0 Å². The Labute approximate surface area is 107 Å². The van der Waals surface area contributed by atoms with Crippen LogP contribution in [0.25, 0.3) is 0 Å². The molecular weight excluding hydrogens is 262 g/mol. The average Bonchev–Trinajstić information content (AvgIpc) is 2.84.